The van der Waals surface area contributed by atoms with Crippen molar-refractivity contribution in [2.24, 2.45) is 0 Å². The third-order valence-corrected chi connectivity index (χ3v) is 2.61. The number of hydrogen-bond acceptors (Lipinski definition) is 3. The Hall–Kier alpha value is -1.67. The number of alkyl halides is 1. The molecule has 0 bridgehead atoms. The highest BCUT2D eigenvalue weighted by molar-refractivity contribution is 9.09. The van der Waals surface area contributed by atoms with Crippen molar-refractivity contribution in [1.29, 1.82) is 5.26 Å². The summed E-state index contributed by atoms with van der Waals surface area (Å²) in [6.07, 6.45) is 0.138. The molecule has 0 radical (unpaired) electrons. The summed E-state index contributed by atoms with van der Waals surface area (Å²) in [6.45, 7) is 0. The van der Waals surface area contributed by atoms with Gasteiger partial charge >= 0.3 is 5.97 Å². The van der Waals surface area contributed by atoms with Gasteiger partial charge in [0.25, 0.3) is 0 Å². The number of benzene rings is 1. The largest absolute Gasteiger partial charge is 0.481 e. The summed E-state index contributed by atoms with van der Waals surface area (Å²) in [5, 5.41) is 18.1. The van der Waals surface area contributed by atoms with Crippen LogP contribution in [-0.2, 0) is 11.2 Å². The molecule has 0 amide bonds. The van der Waals surface area contributed by atoms with Crippen LogP contribution in [0.25, 0.3) is 0 Å². The molecule has 1 N–H and O–H groups in total. The lowest BCUT2D eigenvalue weighted by Crippen LogP contribution is -2.05. The first-order valence-corrected chi connectivity index (χ1v) is 6.04. The summed E-state index contributed by atoms with van der Waals surface area (Å²) in [7, 11) is 0. The first-order valence-electron chi connectivity index (χ1n) is 4.92. The van der Waals surface area contributed by atoms with E-state index < -0.39 is 5.97 Å². The fourth-order valence-electron chi connectivity index (χ4n) is 1.40. The Morgan fingerprint density at radius 3 is 2.65 bits per heavy atom. The number of hydrogen-bond donors (Lipinski definition) is 1. The Balaban J connectivity index is 3.05. The van der Waals surface area contributed by atoms with E-state index in [9.17, 15) is 9.59 Å². The summed E-state index contributed by atoms with van der Waals surface area (Å²) in [5.74, 6) is -1.07. The molecule has 1 aromatic carbocycles. The lowest BCUT2D eigenvalue weighted by Gasteiger charge is -2.04. The molecule has 0 aliphatic carbocycles. The van der Waals surface area contributed by atoms with Gasteiger partial charge in [-0.3, -0.25) is 9.59 Å². The van der Waals surface area contributed by atoms with E-state index in [1.807, 2.05) is 6.07 Å². The van der Waals surface area contributed by atoms with Gasteiger partial charge in [0, 0.05) is 17.3 Å². The first kappa shape index (κ1) is 13.4. The number of nitrogens with zero attached hydrogens (tertiary/aromatic N) is 1. The maximum Gasteiger partial charge on any atom is 0.307 e. The molecule has 17 heavy (non-hydrogen) atoms. The van der Waals surface area contributed by atoms with E-state index in [1.54, 1.807) is 6.07 Å². The Bertz CT molecular complexity index is 491. The van der Waals surface area contributed by atoms with Gasteiger partial charge in [-0.2, -0.15) is 5.26 Å². The van der Waals surface area contributed by atoms with Gasteiger partial charge in [0.1, 0.15) is 0 Å². The number of aliphatic carboxylic acids is 1. The average molecular weight is 296 g/mol. The normalized spacial score (nSPS) is 9.65. The topological polar surface area (TPSA) is 78.2 Å². The van der Waals surface area contributed by atoms with Crippen LogP contribution in [0.2, 0.25) is 0 Å². The zero-order chi connectivity index (χ0) is 12.8. The number of carbonyl (C=O) groups excluding carboxylic acids is 1. The Kier molecular flexibility index (Phi) is 4.85. The van der Waals surface area contributed by atoms with Crippen molar-refractivity contribution in [2.45, 2.75) is 12.8 Å². The lowest BCUT2D eigenvalue weighted by atomic mass is 9.99. The van der Waals surface area contributed by atoms with Crippen LogP contribution < -0.4 is 0 Å². The molecule has 0 unspecified atom stereocenters. The Morgan fingerprint density at radius 1 is 1.41 bits per heavy atom. The van der Waals surface area contributed by atoms with Crippen LogP contribution >= 0.6 is 15.9 Å². The molecule has 0 aliphatic rings. The van der Waals surface area contributed by atoms with E-state index in [0.29, 0.717) is 22.9 Å². The molecule has 0 saturated heterocycles. The maximum absolute atomic E-state index is 11.6. The van der Waals surface area contributed by atoms with Gasteiger partial charge in [-0.05, 0) is 11.6 Å². The predicted octanol–water partition coefficient (Wildman–Crippen LogP) is 2.15. The minimum atomic E-state index is -0.999. The highest BCUT2D eigenvalue weighted by Gasteiger charge is 2.11. The lowest BCUT2D eigenvalue weighted by molar-refractivity contribution is -0.136. The second kappa shape index (κ2) is 6.16. The molecule has 88 valence electrons. The molecule has 0 fully saturated rings. The minimum absolute atomic E-state index is 0.0692. The van der Waals surface area contributed by atoms with Crippen LogP contribution in [0.4, 0.5) is 0 Å². The number of Topliss-reactive ketones (excluding diaryl/α,β-unsaturated/α-hetero) is 1. The predicted molar refractivity (Wildman–Crippen MR) is 65.2 cm³/mol. The van der Waals surface area contributed by atoms with Crippen LogP contribution in [0.15, 0.2) is 18.2 Å². The molecular formula is C12H10BrNO3. The number of ketones is 1. The van der Waals surface area contributed by atoms with Gasteiger partial charge < -0.3 is 5.11 Å². The van der Waals surface area contributed by atoms with E-state index in [-0.39, 0.29) is 17.8 Å². The van der Waals surface area contributed by atoms with Crippen molar-refractivity contribution in [3.8, 4) is 6.07 Å². The molecule has 0 spiro atoms. The average Bonchev–Trinajstić information content (AvgIpc) is 2.29. The zero-order valence-electron chi connectivity index (χ0n) is 8.94. The van der Waals surface area contributed by atoms with Gasteiger partial charge in [-0.25, -0.2) is 0 Å². The van der Waals surface area contributed by atoms with Crippen molar-refractivity contribution < 1.29 is 14.7 Å². The molecule has 0 saturated carbocycles. The standard InChI is InChI=1S/C12H10BrNO3/c13-4-3-11(15)9-2-1-8(6-12(16)17)10(5-9)7-14/h1-2,5H,3-4,6H2,(H,16,17). The molecule has 5 heteroatoms. The van der Waals surface area contributed by atoms with Crippen molar-refractivity contribution in [3.63, 3.8) is 0 Å². The third-order valence-electron chi connectivity index (χ3n) is 2.22. The van der Waals surface area contributed by atoms with Crippen LogP contribution in [0.1, 0.15) is 27.9 Å². The monoisotopic (exact) mass is 295 g/mol. The van der Waals surface area contributed by atoms with Crippen molar-refractivity contribution in [3.05, 3.63) is 34.9 Å². The maximum atomic E-state index is 11.6. The van der Waals surface area contributed by atoms with E-state index in [2.05, 4.69) is 15.9 Å². The highest BCUT2D eigenvalue weighted by Crippen LogP contribution is 2.14. The van der Waals surface area contributed by atoms with E-state index in [4.69, 9.17) is 10.4 Å². The molecular weight excluding hydrogens is 286 g/mol. The molecule has 1 aromatic rings. The number of carboxylic acids is 1. The number of carboxylic acid groups (broad SMARTS) is 1. The SMILES string of the molecule is N#Cc1cc(C(=O)CCBr)ccc1CC(=O)O. The van der Waals surface area contributed by atoms with Gasteiger partial charge in [0.2, 0.25) is 0 Å². The minimum Gasteiger partial charge on any atom is -0.481 e. The highest BCUT2D eigenvalue weighted by atomic mass is 79.9. The summed E-state index contributed by atoms with van der Waals surface area (Å²) < 4.78 is 0. The molecule has 1 rings (SSSR count). The first-order chi connectivity index (χ1) is 8.08. The van der Waals surface area contributed by atoms with E-state index in [1.165, 1.54) is 12.1 Å². The van der Waals surface area contributed by atoms with Crippen LogP contribution in [-0.4, -0.2) is 22.2 Å². The number of rotatable bonds is 5. The van der Waals surface area contributed by atoms with Crippen LogP contribution in [0.5, 0.6) is 0 Å². The Labute approximate surface area is 107 Å². The number of nitriles is 1. The Morgan fingerprint density at radius 2 is 2.12 bits per heavy atom. The molecule has 0 aliphatic heterocycles. The number of halogens is 1. The van der Waals surface area contributed by atoms with E-state index in [0.717, 1.165) is 0 Å². The third kappa shape index (κ3) is 3.68. The quantitative estimate of drug-likeness (QED) is 0.667. The summed E-state index contributed by atoms with van der Waals surface area (Å²) in [4.78, 5) is 22.2. The van der Waals surface area contributed by atoms with Gasteiger partial charge in [0.15, 0.2) is 5.78 Å². The zero-order valence-corrected chi connectivity index (χ0v) is 10.5. The van der Waals surface area contributed by atoms with Gasteiger partial charge in [-0.1, -0.05) is 28.1 Å². The van der Waals surface area contributed by atoms with Crippen molar-refractivity contribution >= 4 is 27.7 Å². The van der Waals surface area contributed by atoms with Crippen molar-refractivity contribution in [2.75, 3.05) is 5.33 Å². The van der Waals surface area contributed by atoms with Gasteiger partial charge in [-0.15, -0.1) is 0 Å². The molecule has 0 atom stereocenters. The van der Waals surface area contributed by atoms with Gasteiger partial charge in [0.05, 0.1) is 18.1 Å². The molecule has 0 heterocycles. The fraction of sp³-hybridized carbons (Fsp3) is 0.250. The fourth-order valence-corrected chi connectivity index (χ4v) is 1.76. The van der Waals surface area contributed by atoms with Crippen LogP contribution in [0, 0.1) is 11.3 Å². The second-order valence-corrected chi connectivity index (χ2v) is 4.21. The van der Waals surface area contributed by atoms with Crippen LogP contribution in [0.3, 0.4) is 0 Å². The van der Waals surface area contributed by atoms with E-state index >= 15 is 0 Å². The molecule has 0 aromatic heterocycles. The number of carbonyl (C=O) groups is 2. The molecule has 4 nitrogen and oxygen atoms in total. The second-order valence-electron chi connectivity index (χ2n) is 3.42. The smallest absolute Gasteiger partial charge is 0.307 e. The summed E-state index contributed by atoms with van der Waals surface area (Å²) >= 11 is 3.17. The summed E-state index contributed by atoms with van der Waals surface area (Å²) in [5.41, 5.74) is 1.11. The van der Waals surface area contributed by atoms with Crippen molar-refractivity contribution in [1.82, 2.24) is 0 Å². The summed E-state index contributed by atoms with van der Waals surface area (Å²) in [6, 6.07) is 6.44.